The minimum absolute atomic E-state index is 0.337. The molecule has 0 spiro atoms. The summed E-state index contributed by atoms with van der Waals surface area (Å²) < 4.78 is 13.2. The van der Waals surface area contributed by atoms with Crippen LogP contribution in [0.15, 0.2) is 18.2 Å². The molecule has 1 saturated carbocycles. The smallest absolute Gasteiger partial charge is 0.124 e. The maximum absolute atomic E-state index is 13.2. The molecule has 0 heterocycles. The molecule has 3 heteroatoms. The van der Waals surface area contributed by atoms with Crippen LogP contribution in [-0.2, 0) is 6.54 Å². The molecule has 0 radical (unpaired) electrons. The first-order valence-corrected chi connectivity index (χ1v) is 6.02. The van der Waals surface area contributed by atoms with Gasteiger partial charge in [0.05, 0.1) is 11.6 Å². The van der Waals surface area contributed by atoms with Gasteiger partial charge in [0, 0.05) is 13.1 Å². The second-order valence-electron chi connectivity index (χ2n) is 5.23. The van der Waals surface area contributed by atoms with Crippen molar-refractivity contribution in [3.63, 3.8) is 0 Å². The van der Waals surface area contributed by atoms with Gasteiger partial charge in [0.15, 0.2) is 0 Å². The van der Waals surface area contributed by atoms with Crippen LogP contribution in [0.2, 0.25) is 0 Å². The molecular formula is C14H17FN2. The van der Waals surface area contributed by atoms with Gasteiger partial charge in [-0.25, -0.2) is 4.39 Å². The van der Waals surface area contributed by atoms with Crippen LogP contribution in [0.1, 0.15) is 37.3 Å². The Balaban J connectivity index is 1.90. The van der Waals surface area contributed by atoms with E-state index in [9.17, 15) is 4.39 Å². The molecule has 17 heavy (non-hydrogen) atoms. The summed E-state index contributed by atoms with van der Waals surface area (Å²) in [7, 11) is 0. The van der Waals surface area contributed by atoms with E-state index in [4.69, 9.17) is 5.26 Å². The van der Waals surface area contributed by atoms with Crippen LogP contribution in [-0.4, -0.2) is 6.54 Å². The van der Waals surface area contributed by atoms with Crippen molar-refractivity contribution in [3.8, 4) is 6.07 Å². The summed E-state index contributed by atoms with van der Waals surface area (Å²) in [6.45, 7) is 3.86. The molecular weight excluding hydrogens is 215 g/mol. The fourth-order valence-corrected chi connectivity index (χ4v) is 2.28. The molecule has 90 valence electrons. The van der Waals surface area contributed by atoms with E-state index in [0.29, 0.717) is 17.5 Å². The van der Waals surface area contributed by atoms with Gasteiger partial charge in [0.25, 0.3) is 0 Å². The Labute approximate surface area is 101 Å². The van der Waals surface area contributed by atoms with E-state index in [1.165, 1.54) is 31.4 Å². The monoisotopic (exact) mass is 232 g/mol. The summed E-state index contributed by atoms with van der Waals surface area (Å²) in [5.74, 6) is -0.337. The third-order valence-corrected chi connectivity index (χ3v) is 3.53. The largest absolute Gasteiger partial charge is 0.312 e. The van der Waals surface area contributed by atoms with Crippen LogP contribution >= 0.6 is 0 Å². The molecule has 0 saturated heterocycles. The zero-order chi connectivity index (χ0) is 12.3. The highest BCUT2D eigenvalue weighted by Crippen LogP contribution is 2.39. The molecule has 1 aliphatic carbocycles. The Morgan fingerprint density at radius 2 is 2.18 bits per heavy atom. The van der Waals surface area contributed by atoms with Gasteiger partial charge >= 0.3 is 0 Å². The van der Waals surface area contributed by atoms with Crippen molar-refractivity contribution in [2.75, 3.05) is 6.54 Å². The average Bonchev–Trinajstić information content (AvgIpc) is 2.26. The second kappa shape index (κ2) is 4.85. The summed E-state index contributed by atoms with van der Waals surface area (Å²) in [5, 5.41) is 12.1. The maximum atomic E-state index is 13.2. The lowest BCUT2D eigenvalue weighted by molar-refractivity contribution is 0.156. The molecule has 0 amide bonds. The van der Waals surface area contributed by atoms with Crippen molar-refractivity contribution in [2.45, 2.75) is 32.7 Å². The molecule has 0 aliphatic heterocycles. The van der Waals surface area contributed by atoms with Crippen LogP contribution in [0, 0.1) is 22.6 Å². The minimum atomic E-state index is -0.337. The van der Waals surface area contributed by atoms with E-state index in [0.717, 1.165) is 12.1 Å². The zero-order valence-electron chi connectivity index (χ0n) is 10.1. The number of nitriles is 1. The predicted molar refractivity (Wildman–Crippen MR) is 64.8 cm³/mol. The molecule has 1 aliphatic rings. The van der Waals surface area contributed by atoms with Gasteiger partial charge in [-0.05, 0) is 42.0 Å². The molecule has 1 fully saturated rings. The Bertz CT molecular complexity index is 444. The maximum Gasteiger partial charge on any atom is 0.124 e. The van der Waals surface area contributed by atoms with E-state index >= 15 is 0 Å². The molecule has 1 N–H and O–H groups in total. The molecule has 0 bridgehead atoms. The number of hydrogen-bond acceptors (Lipinski definition) is 2. The SMILES string of the molecule is CC1(CNCc2cc(F)cc(C#N)c2)CCC1. The fourth-order valence-electron chi connectivity index (χ4n) is 2.28. The quantitative estimate of drug-likeness (QED) is 0.866. The Kier molecular flexibility index (Phi) is 3.44. The highest BCUT2D eigenvalue weighted by molar-refractivity contribution is 5.33. The van der Waals surface area contributed by atoms with Crippen LogP contribution in [0.25, 0.3) is 0 Å². The summed E-state index contributed by atoms with van der Waals surface area (Å²) >= 11 is 0. The number of halogens is 1. The summed E-state index contributed by atoms with van der Waals surface area (Å²) in [6.07, 6.45) is 3.86. The molecule has 1 aromatic rings. The normalized spacial score (nSPS) is 17.2. The third-order valence-electron chi connectivity index (χ3n) is 3.53. The van der Waals surface area contributed by atoms with Crippen LogP contribution in [0.4, 0.5) is 4.39 Å². The highest BCUT2D eigenvalue weighted by Gasteiger charge is 2.30. The Morgan fingerprint density at radius 1 is 1.41 bits per heavy atom. The number of hydrogen-bond donors (Lipinski definition) is 1. The number of nitrogens with one attached hydrogen (secondary N) is 1. The molecule has 0 unspecified atom stereocenters. The molecule has 2 nitrogen and oxygen atoms in total. The number of rotatable bonds is 4. The van der Waals surface area contributed by atoms with Gasteiger partial charge < -0.3 is 5.32 Å². The molecule has 0 atom stereocenters. The van der Waals surface area contributed by atoms with Gasteiger partial charge in [-0.2, -0.15) is 5.26 Å². The highest BCUT2D eigenvalue weighted by atomic mass is 19.1. The topological polar surface area (TPSA) is 35.8 Å². The lowest BCUT2D eigenvalue weighted by atomic mass is 9.70. The average molecular weight is 232 g/mol. The van der Waals surface area contributed by atoms with Crippen molar-refractivity contribution in [2.24, 2.45) is 5.41 Å². The first-order chi connectivity index (χ1) is 8.11. The summed E-state index contributed by atoms with van der Waals surface area (Å²) in [4.78, 5) is 0. The van der Waals surface area contributed by atoms with Gasteiger partial charge in [-0.3, -0.25) is 0 Å². The predicted octanol–water partition coefficient (Wildman–Crippen LogP) is 2.98. The van der Waals surface area contributed by atoms with Crippen LogP contribution in [0.3, 0.4) is 0 Å². The molecule has 1 aromatic carbocycles. The summed E-state index contributed by atoms with van der Waals surface area (Å²) in [5.41, 5.74) is 1.65. The molecule has 0 aromatic heterocycles. The van der Waals surface area contributed by atoms with Crippen LogP contribution in [0.5, 0.6) is 0 Å². The van der Waals surface area contributed by atoms with Gasteiger partial charge in [-0.1, -0.05) is 13.3 Å². The van der Waals surface area contributed by atoms with E-state index in [1.807, 2.05) is 6.07 Å². The first-order valence-electron chi connectivity index (χ1n) is 6.02. The fraction of sp³-hybridized carbons (Fsp3) is 0.500. The lowest BCUT2D eigenvalue weighted by Gasteiger charge is -2.38. The standard InChI is InChI=1S/C14H17FN2/c1-14(3-2-4-14)10-17-9-12-5-11(8-16)6-13(15)7-12/h5-7,17H,2-4,9-10H2,1H3. The number of benzene rings is 1. The number of nitrogens with zero attached hydrogens (tertiary/aromatic N) is 1. The van der Waals surface area contributed by atoms with Crippen molar-refractivity contribution in [3.05, 3.63) is 35.1 Å². The zero-order valence-corrected chi connectivity index (χ0v) is 10.1. The van der Waals surface area contributed by atoms with E-state index in [2.05, 4.69) is 12.2 Å². The first kappa shape index (κ1) is 12.1. The second-order valence-corrected chi connectivity index (χ2v) is 5.23. The van der Waals surface area contributed by atoms with Crippen molar-refractivity contribution < 1.29 is 4.39 Å². The Morgan fingerprint density at radius 3 is 2.76 bits per heavy atom. The van der Waals surface area contributed by atoms with Gasteiger partial charge in [-0.15, -0.1) is 0 Å². The third kappa shape index (κ3) is 3.04. The van der Waals surface area contributed by atoms with Gasteiger partial charge in [0.2, 0.25) is 0 Å². The van der Waals surface area contributed by atoms with E-state index in [-0.39, 0.29) is 5.82 Å². The van der Waals surface area contributed by atoms with Gasteiger partial charge in [0.1, 0.15) is 5.82 Å². The van der Waals surface area contributed by atoms with Crippen LogP contribution < -0.4 is 5.32 Å². The van der Waals surface area contributed by atoms with Crippen molar-refractivity contribution >= 4 is 0 Å². The minimum Gasteiger partial charge on any atom is -0.312 e. The lowest BCUT2D eigenvalue weighted by Crippen LogP contribution is -2.36. The van der Waals surface area contributed by atoms with E-state index in [1.54, 1.807) is 6.07 Å². The van der Waals surface area contributed by atoms with E-state index < -0.39 is 0 Å². The molecule has 2 rings (SSSR count). The van der Waals surface area contributed by atoms with Crippen molar-refractivity contribution in [1.29, 1.82) is 5.26 Å². The van der Waals surface area contributed by atoms with Crippen molar-refractivity contribution in [1.82, 2.24) is 5.32 Å². The Hall–Kier alpha value is -1.40. The summed E-state index contributed by atoms with van der Waals surface area (Å²) in [6, 6.07) is 6.45.